The molecule has 2 aliphatic heterocycles. The van der Waals surface area contributed by atoms with Gasteiger partial charge in [-0.25, -0.2) is 0 Å². The van der Waals surface area contributed by atoms with Crippen molar-refractivity contribution in [2.75, 3.05) is 20.2 Å². The summed E-state index contributed by atoms with van der Waals surface area (Å²) in [4.78, 5) is 44.4. The smallest absolute Gasteiger partial charge is 0.306 e. The highest BCUT2D eigenvalue weighted by atomic mass is 16.5. The second kappa shape index (κ2) is 12.3. The van der Waals surface area contributed by atoms with E-state index in [0.717, 1.165) is 24.4 Å². The molecule has 1 aromatic carbocycles. The number of hydrogen-bond donors (Lipinski definition) is 1. The van der Waals surface area contributed by atoms with Crippen LogP contribution in [0.3, 0.4) is 0 Å². The Hall–Kier alpha value is -4.70. The Labute approximate surface area is 248 Å². The van der Waals surface area contributed by atoms with E-state index in [1.807, 2.05) is 28.8 Å². The van der Waals surface area contributed by atoms with Crippen molar-refractivity contribution < 1.29 is 23.8 Å². The Bertz CT molecular complexity index is 1730. The lowest BCUT2D eigenvalue weighted by molar-refractivity contribution is -0.140. The summed E-state index contributed by atoms with van der Waals surface area (Å²) in [5.41, 5.74) is 1.85. The van der Waals surface area contributed by atoms with Crippen LogP contribution in [-0.4, -0.2) is 45.7 Å². The van der Waals surface area contributed by atoms with Crippen LogP contribution in [0.2, 0.25) is 0 Å². The topological polar surface area (TPSA) is 124 Å². The number of rotatable bonds is 9. The van der Waals surface area contributed by atoms with Gasteiger partial charge >= 0.3 is 5.97 Å². The van der Waals surface area contributed by atoms with Gasteiger partial charge in [-0.1, -0.05) is 24.3 Å². The molecule has 222 valence electrons. The van der Waals surface area contributed by atoms with Gasteiger partial charge in [-0.05, 0) is 48.2 Å². The van der Waals surface area contributed by atoms with Crippen LogP contribution in [0.1, 0.15) is 53.1 Å². The second-order valence-electron chi connectivity index (χ2n) is 11.2. The molecule has 2 aliphatic rings. The SMILES string of the molecule is COC(=O)C[C@H](c1cccc(OCc2ccccn2)c1)c1oc(CN2C[C@@H]3C[C@H](C2)c2cccc(=O)n2C3)cc(=O)c1O. The number of aromatic hydroxyl groups is 1. The van der Waals surface area contributed by atoms with Crippen LogP contribution in [0, 0.1) is 5.92 Å². The van der Waals surface area contributed by atoms with Gasteiger partial charge in [0.25, 0.3) is 5.56 Å². The Balaban J connectivity index is 1.27. The first-order chi connectivity index (χ1) is 20.9. The molecule has 0 radical (unpaired) electrons. The zero-order chi connectivity index (χ0) is 29.9. The standard InChI is InChI=1S/C33H33N3O7/c1-41-31(39)15-27(22-6-4-8-25(13-22)42-20-24-7-2-3-11-34-24)33-32(40)29(37)14-26(43-33)19-35-16-21-12-23(18-35)28-9-5-10-30(38)36(28)17-21/h2-11,13-14,21,23,27,40H,12,15-20H2,1H3/t21-,23+,27+/m0/s1. The number of hydrogen-bond acceptors (Lipinski definition) is 9. The van der Waals surface area contributed by atoms with Gasteiger partial charge in [-0.2, -0.15) is 0 Å². The molecule has 5 heterocycles. The Morgan fingerprint density at radius 2 is 1.93 bits per heavy atom. The van der Waals surface area contributed by atoms with Crippen LogP contribution in [-0.2, 0) is 29.2 Å². The maximum atomic E-state index is 13.0. The molecule has 4 aromatic rings. The summed E-state index contributed by atoms with van der Waals surface area (Å²) in [7, 11) is 1.29. The summed E-state index contributed by atoms with van der Waals surface area (Å²) >= 11 is 0. The third kappa shape index (κ3) is 6.24. The number of carbonyl (C=O) groups excluding carboxylic acids is 1. The van der Waals surface area contributed by atoms with Crippen LogP contribution in [0.25, 0.3) is 0 Å². The number of ether oxygens (including phenoxy) is 2. The maximum absolute atomic E-state index is 13.0. The van der Waals surface area contributed by atoms with E-state index in [-0.39, 0.29) is 30.3 Å². The van der Waals surface area contributed by atoms with Crippen LogP contribution >= 0.6 is 0 Å². The number of nitrogens with zero attached hydrogens (tertiary/aromatic N) is 3. The lowest BCUT2D eigenvalue weighted by Gasteiger charge is -2.42. The molecule has 1 fully saturated rings. The predicted octanol–water partition coefficient (Wildman–Crippen LogP) is 3.80. The van der Waals surface area contributed by atoms with E-state index in [4.69, 9.17) is 13.9 Å². The van der Waals surface area contributed by atoms with Gasteiger partial charge < -0.3 is 23.6 Å². The molecular weight excluding hydrogens is 550 g/mol. The van der Waals surface area contributed by atoms with Gasteiger partial charge in [-0.15, -0.1) is 0 Å². The zero-order valence-corrected chi connectivity index (χ0v) is 23.8. The fourth-order valence-corrected chi connectivity index (χ4v) is 6.29. The number of piperidine rings is 1. The van der Waals surface area contributed by atoms with Crippen LogP contribution in [0.5, 0.6) is 11.5 Å². The molecule has 1 N–H and O–H groups in total. The van der Waals surface area contributed by atoms with E-state index < -0.39 is 23.1 Å². The fraction of sp³-hybridized carbons (Fsp3) is 0.333. The first-order valence-corrected chi connectivity index (χ1v) is 14.4. The van der Waals surface area contributed by atoms with Crippen molar-refractivity contribution >= 4 is 5.97 Å². The molecule has 0 spiro atoms. The molecule has 2 bridgehead atoms. The number of pyridine rings is 2. The highest BCUT2D eigenvalue weighted by molar-refractivity contribution is 5.71. The second-order valence-corrected chi connectivity index (χ2v) is 11.2. The lowest BCUT2D eigenvalue weighted by atomic mass is 9.83. The summed E-state index contributed by atoms with van der Waals surface area (Å²) in [5, 5.41) is 10.9. The zero-order valence-electron chi connectivity index (χ0n) is 23.8. The number of carbonyl (C=O) groups is 1. The molecule has 10 heteroatoms. The Kier molecular flexibility index (Phi) is 8.11. The fourth-order valence-electron chi connectivity index (χ4n) is 6.29. The molecule has 10 nitrogen and oxygen atoms in total. The molecule has 0 aliphatic carbocycles. The van der Waals surface area contributed by atoms with Crippen molar-refractivity contribution in [3.63, 3.8) is 0 Å². The number of esters is 1. The van der Waals surface area contributed by atoms with Crippen molar-refractivity contribution in [2.24, 2.45) is 5.92 Å². The highest BCUT2D eigenvalue weighted by Crippen LogP contribution is 2.37. The number of methoxy groups -OCH3 is 1. The van der Waals surface area contributed by atoms with Gasteiger partial charge in [-0.3, -0.25) is 24.3 Å². The third-order valence-electron chi connectivity index (χ3n) is 8.22. The maximum Gasteiger partial charge on any atom is 0.306 e. The summed E-state index contributed by atoms with van der Waals surface area (Å²) in [6, 6.07) is 19.4. The normalized spacial score (nSPS) is 18.4. The summed E-state index contributed by atoms with van der Waals surface area (Å²) in [6.45, 7) is 2.72. The highest BCUT2D eigenvalue weighted by Gasteiger charge is 2.35. The quantitative estimate of drug-likeness (QED) is 0.293. The summed E-state index contributed by atoms with van der Waals surface area (Å²) in [5.74, 6) is -0.421. The third-order valence-corrected chi connectivity index (χ3v) is 8.22. The van der Waals surface area contributed by atoms with E-state index in [0.29, 0.717) is 42.6 Å². The molecule has 3 atom stereocenters. The summed E-state index contributed by atoms with van der Waals surface area (Å²) < 4.78 is 19.0. The largest absolute Gasteiger partial charge is 0.502 e. The van der Waals surface area contributed by atoms with E-state index in [2.05, 4.69) is 9.88 Å². The van der Waals surface area contributed by atoms with Gasteiger partial charge in [0.1, 0.15) is 18.1 Å². The first kappa shape index (κ1) is 28.4. The minimum atomic E-state index is -0.794. The van der Waals surface area contributed by atoms with Gasteiger partial charge in [0, 0.05) is 49.6 Å². The minimum absolute atomic E-state index is 0.00359. The Morgan fingerprint density at radius 3 is 2.74 bits per heavy atom. The number of benzene rings is 1. The first-order valence-electron chi connectivity index (χ1n) is 14.4. The Morgan fingerprint density at radius 1 is 1.07 bits per heavy atom. The molecule has 1 saturated heterocycles. The number of aromatic nitrogens is 2. The van der Waals surface area contributed by atoms with Gasteiger partial charge in [0.15, 0.2) is 5.76 Å². The molecular formula is C33H33N3O7. The molecule has 6 rings (SSSR count). The van der Waals surface area contributed by atoms with Crippen molar-refractivity contribution in [1.29, 1.82) is 0 Å². The van der Waals surface area contributed by atoms with Crippen LogP contribution in [0.4, 0.5) is 0 Å². The molecule has 0 amide bonds. The number of likely N-dealkylation sites (tertiary alicyclic amines) is 1. The van der Waals surface area contributed by atoms with Crippen molar-refractivity contribution in [2.45, 2.75) is 44.4 Å². The molecule has 43 heavy (non-hydrogen) atoms. The molecule has 0 saturated carbocycles. The average Bonchev–Trinajstić information content (AvgIpc) is 3.02. The minimum Gasteiger partial charge on any atom is -0.502 e. The predicted molar refractivity (Wildman–Crippen MR) is 157 cm³/mol. The van der Waals surface area contributed by atoms with E-state index in [1.54, 1.807) is 42.6 Å². The van der Waals surface area contributed by atoms with Crippen molar-refractivity contribution in [3.8, 4) is 11.5 Å². The van der Waals surface area contributed by atoms with Gasteiger partial charge in [0.2, 0.25) is 11.2 Å². The van der Waals surface area contributed by atoms with Crippen LogP contribution in [0.15, 0.2) is 86.9 Å². The summed E-state index contributed by atoms with van der Waals surface area (Å²) in [6.07, 6.45) is 2.54. The van der Waals surface area contributed by atoms with E-state index in [9.17, 15) is 19.5 Å². The van der Waals surface area contributed by atoms with E-state index >= 15 is 0 Å². The lowest BCUT2D eigenvalue weighted by Crippen LogP contribution is -2.46. The molecule has 3 aromatic heterocycles. The van der Waals surface area contributed by atoms with Crippen molar-refractivity contribution in [3.05, 3.63) is 122 Å². The monoisotopic (exact) mass is 583 g/mol. The van der Waals surface area contributed by atoms with E-state index in [1.165, 1.54) is 13.2 Å². The van der Waals surface area contributed by atoms with Crippen molar-refractivity contribution in [1.82, 2.24) is 14.5 Å². The molecule has 0 unspecified atom stereocenters. The number of fused-ring (bicyclic) bond motifs is 4. The van der Waals surface area contributed by atoms with Gasteiger partial charge in [0.05, 0.1) is 31.7 Å². The average molecular weight is 584 g/mol. The van der Waals surface area contributed by atoms with Crippen LogP contribution < -0.4 is 15.7 Å².